The molecular formula is C21H14ClF4N3O. The number of fused-ring (bicyclic) bond motifs is 1. The Morgan fingerprint density at radius 1 is 1.07 bits per heavy atom. The molecule has 0 saturated carbocycles. The molecule has 0 unspecified atom stereocenters. The molecule has 4 aromatic rings. The molecular weight excluding hydrogens is 422 g/mol. The molecule has 2 aromatic carbocycles. The van der Waals surface area contributed by atoms with E-state index in [0.29, 0.717) is 17.0 Å². The molecule has 4 nitrogen and oxygen atoms in total. The van der Waals surface area contributed by atoms with Crippen molar-refractivity contribution in [3.63, 3.8) is 0 Å². The Balaban J connectivity index is 1.62. The van der Waals surface area contributed by atoms with E-state index in [1.165, 1.54) is 18.2 Å². The predicted molar refractivity (Wildman–Crippen MR) is 104 cm³/mol. The van der Waals surface area contributed by atoms with Crippen molar-refractivity contribution in [1.29, 1.82) is 0 Å². The van der Waals surface area contributed by atoms with Gasteiger partial charge in [-0.3, -0.25) is 0 Å². The minimum atomic E-state index is -4.59. The lowest BCUT2D eigenvalue weighted by Gasteiger charge is -2.12. The first kappa shape index (κ1) is 20.2. The Hall–Kier alpha value is -3.13. The number of alkyl halides is 3. The van der Waals surface area contributed by atoms with Crippen molar-refractivity contribution < 1.29 is 22.3 Å². The average Bonchev–Trinajstić information content (AvgIpc) is 3.06. The summed E-state index contributed by atoms with van der Waals surface area (Å²) in [5, 5.41) is 4.12. The summed E-state index contributed by atoms with van der Waals surface area (Å²) in [7, 11) is 0. The van der Waals surface area contributed by atoms with Crippen LogP contribution in [0.5, 0.6) is 5.75 Å². The maximum absolute atomic E-state index is 13.8. The smallest absolute Gasteiger partial charge is 0.433 e. The van der Waals surface area contributed by atoms with E-state index < -0.39 is 17.7 Å². The van der Waals surface area contributed by atoms with Crippen LogP contribution in [0.25, 0.3) is 16.9 Å². The standard InChI is InChI=1S/C21H14ClF4N3O/c1-12-9-20-27-18(10-19(21(24,25)26)29(20)28-12)13-5-7-14(8-6-13)30-11-15-16(22)3-2-4-17(15)23/h2-10H,11H2,1H3. The number of halogens is 5. The van der Waals surface area contributed by atoms with Crippen molar-refractivity contribution in [2.75, 3.05) is 0 Å². The number of benzene rings is 2. The first-order valence-corrected chi connectivity index (χ1v) is 9.21. The van der Waals surface area contributed by atoms with Gasteiger partial charge in [0.05, 0.1) is 16.4 Å². The lowest BCUT2D eigenvalue weighted by Crippen LogP contribution is -2.13. The Bertz CT molecular complexity index is 1200. The maximum Gasteiger partial charge on any atom is 0.433 e. The van der Waals surface area contributed by atoms with Crippen LogP contribution >= 0.6 is 11.6 Å². The van der Waals surface area contributed by atoms with Gasteiger partial charge in [-0.1, -0.05) is 17.7 Å². The van der Waals surface area contributed by atoms with Crippen LogP contribution < -0.4 is 4.74 Å². The molecule has 4 rings (SSSR count). The van der Waals surface area contributed by atoms with E-state index in [1.54, 1.807) is 37.3 Å². The van der Waals surface area contributed by atoms with Gasteiger partial charge in [-0.05, 0) is 49.4 Å². The molecule has 0 N–H and O–H groups in total. The fourth-order valence-corrected chi connectivity index (χ4v) is 3.20. The summed E-state index contributed by atoms with van der Waals surface area (Å²) < 4.78 is 60.6. The van der Waals surface area contributed by atoms with Crippen LogP contribution in [0.15, 0.2) is 54.6 Å². The Kier molecular flexibility index (Phi) is 5.11. The topological polar surface area (TPSA) is 39.4 Å². The van der Waals surface area contributed by atoms with Crippen molar-refractivity contribution in [1.82, 2.24) is 14.6 Å². The Labute approximate surface area is 173 Å². The third kappa shape index (κ3) is 3.95. The highest BCUT2D eigenvalue weighted by Crippen LogP contribution is 2.33. The molecule has 0 aliphatic rings. The van der Waals surface area contributed by atoms with Crippen LogP contribution in [0.1, 0.15) is 17.0 Å². The molecule has 0 spiro atoms. The highest BCUT2D eigenvalue weighted by atomic mass is 35.5. The molecule has 0 radical (unpaired) electrons. The highest BCUT2D eigenvalue weighted by molar-refractivity contribution is 6.31. The predicted octanol–water partition coefficient (Wildman–Crippen LogP) is 6.10. The molecule has 0 bridgehead atoms. The van der Waals surface area contributed by atoms with E-state index in [1.807, 2.05) is 0 Å². The van der Waals surface area contributed by atoms with Crippen LogP contribution in [-0.2, 0) is 12.8 Å². The minimum Gasteiger partial charge on any atom is -0.489 e. The van der Waals surface area contributed by atoms with Crippen LogP contribution in [-0.4, -0.2) is 14.6 Å². The van der Waals surface area contributed by atoms with E-state index in [2.05, 4.69) is 10.1 Å². The molecule has 0 atom stereocenters. The maximum atomic E-state index is 13.8. The summed E-state index contributed by atoms with van der Waals surface area (Å²) in [5.74, 6) is -0.0669. The van der Waals surface area contributed by atoms with Crippen LogP contribution in [0, 0.1) is 12.7 Å². The van der Waals surface area contributed by atoms with Gasteiger partial charge in [0.25, 0.3) is 0 Å². The zero-order valence-corrected chi connectivity index (χ0v) is 16.3. The van der Waals surface area contributed by atoms with Gasteiger partial charge in [-0.25, -0.2) is 13.9 Å². The zero-order chi connectivity index (χ0) is 21.5. The quantitative estimate of drug-likeness (QED) is 0.364. The minimum absolute atomic E-state index is 0.0810. The molecule has 0 amide bonds. The molecule has 9 heteroatoms. The number of hydrogen-bond donors (Lipinski definition) is 0. The van der Waals surface area contributed by atoms with E-state index in [-0.39, 0.29) is 28.5 Å². The number of hydrogen-bond acceptors (Lipinski definition) is 3. The summed E-state index contributed by atoms with van der Waals surface area (Å²) in [6.07, 6.45) is -4.59. The van der Waals surface area contributed by atoms with Crippen LogP contribution in [0.2, 0.25) is 5.02 Å². The second-order valence-electron chi connectivity index (χ2n) is 6.59. The molecule has 0 saturated heterocycles. The summed E-state index contributed by atoms with van der Waals surface area (Å²) in [5.41, 5.74) is 0.468. The van der Waals surface area contributed by atoms with Gasteiger partial charge in [-0.15, -0.1) is 0 Å². The second kappa shape index (κ2) is 7.60. The summed E-state index contributed by atoms with van der Waals surface area (Å²) in [4.78, 5) is 4.28. The largest absolute Gasteiger partial charge is 0.489 e. The van der Waals surface area contributed by atoms with Crippen molar-refractivity contribution in [2.24, 2.45) is 0 Å². The lowest BCUT2D eigenvalue weighted by atomic mass is 10.1. The fraction of sp³-hybridized carbons (Fsp3) is 0.143. The monoisotopic (exact) mass is 435 g/mol. The SMILES string of the molecule is Cc1cc2nc(-c3ccc(OCc4c(F)cccc4Cl)cc3)cc(C(F)(F)F)n2n1. The first-order valence-electron chi connectivity index (χ1n) is 8.83. The average molecular weight is 436 g/mol. The second-order valence-corrected chi connectivity index (χ2v) is 7.00. The number of nitrogens with zero attached hydrogens (tertiary/aromatic N) is 3. The molecule has 154 valence electrons. The third-order valence-electron chi connectivity index (χ3n) is 4.43. The van der Waals surface area contributed by atoms with Gasteiger partial charge in [0.15, 0.2) is 11.3 Å². The lowest BCUT2D eigenvalue weighted by molar-refractivity contribution is -0.142. The normalized spacial score (nSPS) is 11.8. The molecule has 0 fully saturated rings. The number of aryl methyl sites for hydroxylation is 1. The van der Waals surface area contributed by atoms with E-state index in [4.69, 9.17) is 16.3 Å². The summed E-state index contributed by atoms with van der Waals surface area (Å²) >= 11 is 5.97. The van der Waals surface area contributed by atoms with Crippen molar-refractivity contribution in [3.8, 4) is 17.0 Å². The molecule has 30 heavy (non-hydrogen) atoms. The zero-order valence-electron chi connectivity index (χ0n) is 15.5. The van der Waals surface area contributed by atoms with Gasteiger partial charge >= 0.3 is 6.18 Å². The number of aromatic nitrogens is 3. The van der Waals surface area contributed by atoms with Gasteiger partial charge in [0.2, 0.25) is 0 Å². The first-order chi connectivity index (χ1) is 14.2. The van der Waals surface area contributed by atoms with E-state index in [0.717, 1.165) is 10.6 Å². The van der Waals surface area contributed by atoms with Gasteiger partial charge in [0.1, 0.15) is 18.2 Å². The molecule has 2 aromatic heterocycles. The number of rotatable bonds is 4. The molecule has 2 heterocycles. The van der Waals surface area contributed by atoms with Crippen LogP contribution in [0.4, 0.5) is 17.6 Å². The third-order valence-corrected chi connectivity index (χ3v) is 4.79. The summed E-state index contributed by atoms with van der Waals surface area (Å²) in [6.45, 7) is 1.52. The van der Waals surface area contributed by atoms with Gasteiger partial charge in [-0.2, -0.15) is 18.3 Å². The van der Waals surface area contributed by atoms with Crippen LogP contribution in [0.3, 0.4) is 0 Å². The fourth-order valence-electron chi connectivity index (χ4n) is 2.99. The Morgan fingerprint density at radius 3 is 2.47 bits per heavy atom. The summed E-state index contributed by atoms with van der Waals surface area (Å²) in [6, 6.07) is 13.1. The van der Waals surface area contributed by atoms with Gasteiger partial charge in [0, 0.05) is 17.2 Å². The van der Waals surface area contributed by atoms with E-state index >= 15 is 0 Å². The highest BCUT2D eigenvalue weighted by Gasteiger charge is 2.35. The molecule has 0 aliphatic carbocycles. The van der Waals surface area contributed by atoms with Gasteiger partial charge < -0.3 is 4.74 Å². The Morgan fingerprint density at radius 2 is 1.80 bits per heavy atom. The van der Waals surface area contributed by atoms with Crippen molar-refractivity contribution in [3.05, 3.63) is 82.4 Å². The van der Waals surface area contributed by atoms with Crippen molar-refractivity contribution >= 4 is 17.2 Å². The molecule has 0 aliphatic heterocycles. The number of ether oxygens (including phenoxy) is 1. The van der Waals surface area contributed by atoms with E-state index in [9.17, 15) is 17.6 Å². The van der Waals surface area contributed by atoms with Crippen molar-refractivity contribution in [2.45, 2.75) is 19.7 Å².